The van der Waals surface area contributed by atoms with Crippen molar-refractivity contribution in [2.24, 2.45) is 0 Å². The second kappa shape index (κ2) is 5.02. The number of aryl methyl sites for hydroxylation is 1. The van der Waals surface area contributed by atoms with Crippen LogP contribution in [0.3, 0.4) is 0 Å². The van der Waals surface area contributed by atoms with Crippen LogP contribution in [0.4, 0.5) is 5.69 Å². The zero-order valence-electron chi connectivity index (χ0n) is 10.5. The first-order chi connectivity index (χ1) is 8.11. The lowest BCUT2D eigenvalue weighted by molar-refractivity contribution is -0.0572. The standard InChI is InChI=1S/C13H20N2O2/c1-11-9-14-6-3-12(11)15(2)10-13(16)4-7-17-8-5-13/h3,6,9,16H,4-5,7-8,10H2,1-2H3. The number of ether oxygens (including phenoxy) is 1. The molecular weight excluding hydrogens is 216 g/mol. The summed E-state index contributed by atoms with van der Waals surface area (Å²) in [6.07, 6.45) is 5.05. The van der Waals surface area contributed by atoms with Gasteiger partial charge in [0.1, 0.15) is 0 Å². The van der Waals surface area contributed by atoms with Gasteiger partial charge in [-0.3, -0.25) is 4.98 Å². The molecule has 1 saturated heterocycles. The first-order valence-electron chi connectivity index (χ1n) is 6.03. The van der Waals surface area contributed by atoms with Crippen LogP contribution in [-0.4, -0.2) is 42.5 Å². The number of aliphatic hydroxyl groups is 1. The van der Waals surface area contributed by atoms with Crippen LogP contribution in [0.2, 0.25) is 0 Å². The minimum Gasteiger partial charge on any atom is -0.388 e. The Morgan fingerprint density at radius 2 is 2.18 bits per heavy atom. The molecule has 0 aromatic carbocycles. The monoisotopic (exact) mass is 236 g/mol. The fourth-order valence-corrected chi connectivity index (χ4v) is 2.33. The van der Waals surface area contributed by atoms with Crippen LogP contribution in [0.25, 0.3) is 0 Å². The maximum atomic E-state index is 10.5. The molecule has 1 aliphatic heterocycles. The average molecular weight is 236 g/mol. The smallest absolute Gasteiger partial charge is 0.0865 e. The largest absolute Gasteiger partial charge is 0.388 e. The Bertz CT molecular complexity index is 375. The Morgan fingerprint density at radius 3 is 2.82 bits per heavy atom. The molecule has 0 unspecified atom stereocenters. The minimum absolute atomic E-state index is 0.622. The van der Waals surface area contributed by atoms with E-state index in [1.54, 1.807) is 6.20 Å². The molecule has 0 radical (unpaired) electrons. The molecule has 0 saturated carbocycles. The third-order valence-electron chi connectivity index (χ3n) is 3.36. The fourth-order valence-electron chi connectivity index (χ4n) is 2.33. The van der Waals surface area contributed by atoms with Crippen molar-refractivity contribution in [2.75, 3.05) is 31.7 Å². The van der Waals surface area contributed by atoms with Crippen LogP contribution in [0.15, 0.2) is 18.5 Å². The summed E-state index contributed by atoms with van der Waals surface area (Å²) in [5, 5.41) is 10.5. The van der Waals surface area contributed by atoms with Crippen molar-refractivity contribution in [3.05, 3.63) is 24.0 Å². The highest BCUT2D eigenvalue weighted by Crippen LogP contribution is 2.25. The van der Waals surface area contributed by atoms with Gasteiger partial charge in [-0.1, -0.05) is 0 Å². The molecular formula is C13H20N2O2. The molecule has 0 bridgehead atoms. The summed E-state index contributed by atoms with van der Waals surface area (Å²) < 4.78 is 5.29. The summed E-state index contributed by atoms with van der Waals surface area (Å²) in [5.74, 6) is 0. The summed E-state index contributed by atoms with van der Waals surface area (Å²) >= 11 is 0. The summed E-state index contributed by atoms with van der Waals surface area (Å²) in [4.78, 5) is 6.18. The zero-order valence-corrected chi connectivity index (χ0v) is 10.5. The lowest BCUT2D eigenvalue weighted by Gasteiger charge is -2.36. The summed E-state index contributed by atoms with van der Waals surface area (Å²) in [7, 11) is 2.01. The number of aromatic nitrogens is 1. The van der Waals surface area contributed by atoms with E-state index in [1.807, 2.05) is 26.2 Å². The van der Waals surface area contributed by atoms with Gasteiger partial charge >= 0.3 is 0 Å². The molecule has 1 aromatic heterocycles. The van der Waals surface area contributed by atoms with Gasteiger partial charge in [0.15, 0.2) is 0 Å². The molecule has 0 amide bonds. The average Bonchev–Trinajstić information content (AvgIpc) is 2.29. The van der Waals surface area contributed by atoms with Crippen molar-refractivity contribution < 1.29 is 9.84 Å². The molecule has 1 N–H and O–H groups in total. The van der Waals surface area contributed by atoms with Crippen molar-refractivity contribution in [3.63, 3.8) is 0 Å². The molecule has 0 spiro atoms. The summed E-state index contributed by atoms with van der Waals surface area (Å²) in [6, 6.07) is 1.98. The third kappa shape index (κ3) is 2.96. The normalized spacial score (nSPS) is 19.0. The molecule has 1 aromatic rings. The Hall–Kier alpha value is -1.13. The molecule has 94 valence electrons. The van der Waals surface area contributed by atoms with Crippen molar-refractivity contribution in [1.29, 1.82) is 0 Å². The number of nitrogens with zero attached hydrogens (tertiary/aromatic N) is 2. The van der Waals surface area contributed by atoms with E-state index in [0.717, 1.165) is 11.3 Å². The van der Waals surface area contributed by atoms with Crippen molar-refractivity contribution in [2.45, 2.75) is 25.4 Å². The molecule has 1 aliphatic rings. The van der Waals surface area contributed by atoms with Crippen molar-refractivity contribution in [1.82, 2.24) is 4.98 Å². The van der Waals surface area contributed by atoms with E-state index in [9.17, 15) is 5.11 Å². The SMILES string of the molecule is Cc1cnccc1N(C)CC1(O)CCOCC1. The third-order valence-corrected chi connectivity index (χ3v) is 3.36. The maximum Gasteiger partial charge on any atom is 0.0865 e. The number of anilines is 1. The van der Waals surface area contributed by atoms with Gasteiger partial charge in [0.05, 0.1) is 5.60 Å². The quantitative estimate of drug-likeness (QED) is 0.861. The number of likely N-dealkylation sites (N-methyl/N-ethyl adjacent to an activating group) is 1. The second-order valence-corrected chi connectivity index (χ2v) is 4.85. The summed E-state index contributed by atoms with van der Waals surface area (Å²) in [5.41, 5.74) is 1.63. The van der Waals surface area contributed by atoms with E-state index in [-0.39, 0.29) is 0 Å². The van der Waals surface area contributed by atoms with Gasteiger partial charge in [0, 0.05) is 57.7 Å². The molecule has 2 heterocycles. The molecule has 1 fully saturated rings. The van der Waals surface area contributed by atoms with Crippen molar-refractivity contribution >= 4 is 5.69 Å². The number of hydrogen-bond acceptors (Lipinski definition) is 4. The van der Waals surface area contributed by atoms with E-state index in [4.69, 9.17) is 4.74 Å². The van der Waals surface area contributed by atoms with Gasteiger partial charge in [0.2, 0.25) is 0 Å². The second-order valence-electron chi connectivity index (χ2n) is 4.85. The fraction of sp³-hybridized carbons (Fsp3) is 0.615. The first kappa shape index (κ1) is 12.3. The highest BCUT2D eigenvalue weighted by molar-refractivity contribution is 5.51. The van der Waals surface area contributed by atoms with Crippen LogP contribution in [0.1, 0.15) is 18.4 Å². The van der Waals surface area contributed by atoms with Crippen LogP contribution < -0.4 is 4.90 Å². The van der Waals surface area contributed by atoms with Crippen LogP contribution >= 0.6 is 0 Å². The van der Waals surface area contributed by atoms with Gasteiger partial charge in [-0.2, -0.15) is 0 Å². The van der Waals surface area contributed by atoms with Gasteiger partial charge < -0.3 is 14.7 Å². The first-order valence-corrected chi connectivity index (χ1v) is 6.03. The molecule has 2 rings (SSSR count). The van der Waals surface area contributed by atoms with Crippen LogP contribution in [0.5, 0.6) is 0 Å². The maximum absolute atomic E-state index is 10.5. The predicted molar refractivity (Wildman–Crippen MR) is 67.2 cm³/mol. The minimum atomic E-state index is -0.622. The molecule has 4 heteroatoms. The number of rotatable bonds is 3. The highest BCUT2D eigenvalue weighted by atomic mass is 16.5. The topological polar surface area (TPSA) is 45.6 Å². The lowest BCUT2D eigenvalue weighted by Crippen LogP contribution is -2.45. The van der Waals surface area contributed by atoms with E-state index < -0.39 is 5.60 Å². The lowest BCUT2D eigenvalue weighted by atomic mass is 9.93. The molecule has 0 aliphatic carbocycles. The Labute approximate surface area is 102 Å². The van der Waals surface area contributed by atoms with Gasteiger partial charge in [-0.25, -0.2) is 0 Å². The van der Waals surface area contributed by atoms with Gasteiger partial charge in [-0.05, 0) is 18.6 Å². The number of pyridine rings is 1. The van der Waals surface area contributed by atoms with Crippen LogP contribution in [0, 0.1) is 6.92 Å². The van der Waals surface area contributed by atoms with Crippen molar-refractivity contribution in [3.8, 4) is 0 Å². The Morgan fingerprint density at radius 1 is 1.47 bits per heavy atom. The molecule has 0 atom stereocenters. The highest BCUT2D eigenvalue weighted by Gasteiger charge is 2.31. The number of hydrogen-bond donors (Lipinski definition) is 1. The Kier molecular flexibility index (Phi) is 3.64. The molecule has 17 heavy (non-hydrogen) atoms. The predicted octanol–water partition coefficient (Wildman–Crippen LogP) is 1.37. The van der Waals surface area contributed by atoms with E-state index in [0.29, 0.717) is 32.6 Å². The van der Waals surface area contributed by atoms with Gasteiger partial charge in [-0.15, -0.1) is 0 Å². The van der Waals surface area contributed by atoms with Crippen LogP contribution in [-0.2, 0) is 4.74 Å². The summed E-state index contributed by atoms with van der Waals surface area (Å²) in [6.45, 7) is 3.98. The van der Waals surface area contributed by atoms with E-state index >= 15 is 0 Å². The zero-order chi connectivity index (χ0) is 12.3. The van der Waals surface area contributed by atoms with E-state index in [2.05, 4.69) is 9.88 Å². The van der Waals surface area contributed by atoms with Gasteiger partial charge in [0.25, 0.3) is 0 Å². The van der Waals surface area contributed by atoms with E-state index in [1.165, 1.54) is 0 Å². The molecule has 4 nitrogen and oxygen atoms in total. The Balaban J connectivity index is 2.06.